The van der Waals surface area contributed by atoms with Gasteiger partial charge in [0.25, 0.3) is 0 Å². The largest absolute Gasteiger partial charge is 0.326 e. The van der Waals surface area contributed by atoms with Crippen LogP contribution in [0.15, 0.2) is 0 Å². The van der Waals surface area contributed by atoms with Crippen molar-refractivity contribution in [2.75, 3.05) is 19.6 Å². The molecule has 1 heterocycles. The number of carbonyl (C=O) groups excluding carboxylic acids is 1. The molecule has 3 nitrogen and oxygen atoms in total. The van der Waals surface area contributed by atoms with Crippen molar-refractivity contribution in [3.8, 4) is 0 Å². The standard InChI is InChI=1S/C7H14N2O/c1-6(10)4-9-3-2-7(8)5-9/h7H,2-5,8H2,1H3/t7-/m1/s1. The van der Waals surface area contributed by atoms with E-state index in [1.807, 2.05) is 0 Å². The van der Waals surface area contributed by atoms with Crippen LogP contribution in [-0.2, 0) is 4.79 Å². The van der Waals surface area contributed by atoms with Crippen molar-refractivity contribution < 1.29 is 4.79 Å². The van der Waals surface area contributed by atoms with E-state index in [-0.39, 0.29) is 5.78 Å². The highest BCUT2D eigenvalue weighted by atomic mass is 16.1. The lowest BCUT2D eigenvalue weighted by Crippen LogP contribution is -2.29. The number of hydrogen-bond donors (Lipinski definition) is 1. The van der Waals surface area contributed by atoms with Gasteiger partial charge in [-0.15, -0.1) is 0 Å². The van der Waals surface area contributed by atoms with Crippen molar-refractivity contribution in [1.29, 1.82) is 0 Å². The Morgan fingerprint density at radius 1 is 1.80 bits per heavy atom. The Labute approximate surface area is 61.2 Å². The second-order valence-corrected chi connectivity index (χ2v) is 2.99. The van der Waals surface area contributed by atoms with Gasteiger partial charge in [-0.25, -0.2) is 0 Å². The van der Waals surface area contributed by atoms with E-state index in [2.05, 4.69) is 4.90 Å². The first-order valence-electron chi connectivity index (χ1n) is 3.66. The first kappa shape index (κ1) is 7.69. The lowest BCUT2D eigenvalue weighted by molar-refractivity contribution is -0.117. The Morgan fingerprint density at radius 3 is 2.90 bits per heavy atom. The third-order valence-electron chi connectivity index (χ3n) is 1.76. The van der Waals surface area contributed by atoms with Gasteiger partial charge in [-0.2, -0.15) is 0 Å². The molecule has 1 rings (SSSR count). The van der Waals surface area contributed by atoms with Crippen LogP contribution in [0.1, 0.15) is 13.3 Å². The molecular formula is C7H14N2O. The van der Waals surface area contributed by atoms with E-state index in [0.717, 1.165) is 19.5 Å². The highest BCUT2D eigenvalue weighted by Gasteiger charge is 2.19. The van der Waals surface area contributed by atoms with E-state index in [4.69, 9.17) is 5.73 Å². The number of nitrogens with zero attached hydrogens (tertiary/aromatic N) is 1. The Kier molecular flexibility index (Phi) is 2.40. The minimum absolute atomic E-state index is 0.231. The molecule has 10 heavy (non-hydrogen) atoms. The number of likely N-dealkylation sites (tertiary alicyclic amines) is 1. The van der Waals surface area contributed by atoms with Gasteiger partial charge in [0, 0.05) is 19.1 Å². The van der Waals surface area contributed by atoms with E-state index in [1.54, 1.807) is 6.92 Å². The third kappa shape index (κ3) is 2.08. The topological polar surface area (TPSA) is 46.3 Å². The molecule has 0 unspecified atom stereocenters. The molecule has 0 radical (unpaired) electrons. The highest BCUT2D eigenvalue weighted by Crippen LogP contribution is 2.05. The van der Waals surface area contributed by atoms with Crippen molar-refractivity contribution in [1.82, 2.24) is 4.90 Å². The van der Waals surface area contributed by atoms with Crippen molar-refractivity contribution in [3.63, 3.8) is 0 Å². The van der Waals surface area contributed by atoms with Crippen molar-refractivity contribution in [2.24, 2.45) is 5.73 Å². The smallest absolute Gasteiger partial charge is 0.143 e. The van der Waals surface area contributed by atoms with Gasteiger partial charge in [-0.3, -0.25) is 9.69 Å². The van der Waals surface area contributed by atoms with Gasteiger partial charge in [0.1, 0.15) is 5.78 Å². The van der Waals surface area contributed by atoms with Gasteiger partial charge in [0.05, 0.1) is 6.54 Å². The van der Waals surface area contributed by atoms with Gasteiger partial charge in [0.2, 0.25) is 0 Å². The van der Waals surface area contributed by atoms with Crippen LogP contribution in [0.25, 0.3) is 0 Å². The van der Waals surface area contributed by atoms with Crippen LogP contribution in [0.5, 0.6) is 0 Å². The fourth-order valence-corrected chi connectivity index (χ4v) is 1.32. The number of hydrogen-bond acceptors (Lipinski definition) is 3. The van der Waals surface area contributed by atoms with E-state index in [0.29, 0.717) is 12.6 Å². The number of nitrogens with two attached hydrogens (primary N) is 1. The molecule has 0 saturated carbocycles. The molecule has 1 aliphatic heterocycles. The second-order valence-electron chi connectivity index (χ2n) is 2.99. The van der Waals surface area contributed by atoms with E-state index in [9.17, 15) is 4.79 Å². The highest BCUT2D eigenvalue weighted by molar-refractivity contribution is 5.77. The summed E-state index contributed by atoms with van der Waals surface area (Å²) in [6, 6.07) is 0.291. The van der Waals surface area contributed by atoms with E-state index in [1.165, 1.54) is 0 Å². The Morgan fingerprint density at radius 2 is 2.50 bits per heavy atom. The van der Waals surface area contributed by atoms with Gasteiger partial charge in [-0.1, -0.05) is 0 Å². The molecule has 58 valence electrons. The second kappa shape index (κ2) is 3.12. The third-order valence-corrected chi connectivity index (χ3v) is 1.76. The molecule has 0 bridgehead atoms. The normalized spacial score (nSPS) is 27.2. The van der Waals surface area contributed by atoms with Crippen LogP contribution >= 0.6 is 0 Å². The average Bonchev–Trinajstić information content (AvgIpc) is 2.13. The Balaban J connectivity index is 2.24. The number of ketones is 1. The van der Waals surface area contributed by atoms with Crippen LogP contribution < -0.4 is 5.73 Å². The lowest BCUT2D eigenvalue weighted by atomic mass is 10.3. The van der Waals surface area contributed by atoms with Gasteiger partial charge in [-0.05, 0) is 13.3 Å². The molecule has 0 amide bonds. The molecule has 3 heteroatoms. The summed E-state index contributed by atoms with van der Waals surface area (Å²) in [6.07, 6.45) is 1.04. The van der Waals surface area contributed by atoms with Crippen LogP contribution in [0.2, 0.25) is 0 Å². The molecule has 0 aromatic heterocycles. The molecule has 0 aromatic carbocycles. The summed E-state index contributed by atoms with van der Waals surface area (Å²) < 4.78 is 0. The van der Waals surface area contributed by atoms with E-state index >= 15 is 0 Å². The Hall–Kier alpha value is -0.410. The predicted octanol–water partition coefficient (Wildman–Crippen LogP) is -0.392. The van der Waals surface area contributed by atoms with Gasteiger partial charge < -0.3 is 5.73 Å². The maximum atomic E-state index is 10.6. The summed E-state index contributed by atoms with van der Waals surface area (Å²) >= 11 is 0. The molecule has 1 saturated heterocycles. The molecule has 1 atom stereocenters. The SMILES string of the molecule is CC(=O)CN1CC[C@@H](N)C1. The number of rotatable bonds is 2. The first-order chi connectivity index (χ1) is 4.68. The van der Waals surface area contributed by atoms with Gasteiger partial charge in [0.15, 0.2) is 0 Å². The maximum Gasteiger partial charge on any atom is 0.143 e. The van der Waals surface area contributed by atoms with Crippen molar-refractivity contribution in [2.45, 2.75) is 19.4 Å². The zero-order valence-electron chi connectivity index (χ0n) is 6.34. The first-order valence-corrected chi connectivity index (χ1v) is 3.66. The average molecular weight is 142 g/mol. The summed E-state index contributed by atoms with van der Waals surface area (Å²) in [7, 11) is 0. The fourth-order valence-electron chi connectivity index (χ4n) is 1.32. The summed E-state index contributed by atoms with van der Waals surface area (Å²) in [5, 5.41) is 0. The van der Waals surface area contributed by atoms with Gasteiger partial charge >= 0.3 is 0 Å². The van der Waals surface area contributed by atoms with Crippen LogP contribution in [-0.4, -0.2) is 36.4 Å². The minimum atomic E-state index is 0.231. The zero-order valence-corrected chi connectivity index (χ0v) is 6.34. The van der Waals surface area contributed by atoms with Crippen molar-refractivity contribution >= 4 is 5.78 Å². The quantitative estimate of drug-likeness (QED) is 0.571. The summed E-state index contributed by atoms with van der Waals surface area (Å²) in [5.74, 6) is 0.231. The Bertz CT molecular complexity index is 136. The maximum absolute atomic E-state index is 10.6. The molecular weight excluding hydrogens is 128 g/mol. The molecule has 1 aliphatic rings. The summed E-state index contributed by atoms with van der Waals surface area (Å²) in [6.45, 7) is 4.07. The number of carbonyl (C=O) groups is 1. The van der Waals surface area contributed by atoms with E-state index < -0.39 is 0 Å². The van der Waals surface area contributed by atoms with Crippen LogP contribution in [0.4, 0.5) is 0 Å². The molecule has 0 aliphatic carbocycles. The fraction of sp³-hybridized carbons (Fsp3) is 0.857. The van der Waals surface area contributed by atoms with Crippen LogP contribution in [0.3, 0.4) is 0 Å². The summed E-state index contributed by atoms with van der Waals surface area (Å²) in [5.41, 5.74) is 5.65. The molecule has 1 fully saturated rings. The monoisotopic (exact) mass is 142 g/mol. The molecule has 0 aromatic rings. The predicted molar refractivity (Wildman–Crippen MR) is 39.7 cm³/mol. The van der Waals surface area contributed by atoms with Crippen molar-refractivity contribution in [3.05, 3.63) is 0 Å². The molecule has 0 spiro atoms. The summed E-state index contributed by atoms with van der Waals surface area (Å²) in [4.78, 5) is 12.7. The minimum Gasteiger partial charge on any atom is -0.326 e. The lowest BCUT2D eigenvalue weighted by Gasteiger charge is -2.11. The molecule has 2 N–H and O–H groups in total. The number of Topliss-reactive ketones (excluding diaryl/α,β-unsaturated/α-hetero) is 1. The zero-order chi connectivity index (χ0) is 7.56. The van der Waals surface area contributed by atoms with Crippen LogP contribution in [0, 0.1) is 0 Å².